The molecule has 4 heterocycles. The van der Waals surface area contributed by atoms with Crippen LogP contribution in [0.4, 0.5) is 0 Å². The number of rotatable bonds is 2. The number of benzene rings is 1. The molecule has 2 atom stereocenters. The van der Waals surface area contributed by atoms with E-state index in [9.17, 15) is 4.79 Å². The van der Waals surface area contributed by atoms with Crippen molar-refractivity contribution in [3.63, 3.8) is 0 Å². The summed E-state index contributed by atoms with van der Waals surface area (Å²) in [7, 11) is 0. The van der Waals surface area contributed by atoms with Gasteiger partial charge in [0.1, 0.15) is 11.6 Å². The molecule has 5 nitrogen and oxygen atoms in total. The summed E-state index contributed by atoms with van der Waals surface area (Å²) in [5, 5.41) is 9.07. The molecule has 2 unspecified atom stereocenters. The van der Waals surface area contributed by atoms with Gasteiger partial charge in [0.25, 0.3) is 0 Å². The van der Waals surface area contributed by atoms with Crippen LogP contribution < -0.4 is 0 Å². The predicted molar refractivity (Wildman–Crippen MR) is 106 cm³/mol. The molecule has 1 aromatic carbocycles. The number of aromatic nitrogens is 3. The van der Waals surface area contributed by atoms with Crippen LogP contribution in [0.1, 0.15) is 55.2 Å². The zero-order valence-electron chi connectivity index (χ0n) is 15.6. The lowest BCUT2D eigenvalue weighted by atomic mass is 9.96. The molecule has 1 fully saturated rings. The number of thioether (sulfide) groups is 1. The smallest absolute Gasteiger partial charge is 0.236 e. The van der Waals surface area contributed by atoms with E-state index in [1.165, 1.54) is 29.7 Å². The summed E-state index contributed by atoms with van der Waals surface area (Å²) in [6.07, 6.45) is 7.78. The molecular weight excluding hydrogens is 356 g/mol. The Kier molecular flexibility index (Phi) is 4.68. The molecule has 0 aliphatic carbocycles. The molecule has 142 valence electrons. The number of fused-ring (bicyclic) bond motifs is 2. The average Bonchev–Trinajstić information content (AvgIpc) is 3.25. The summed E-state index contributed by atoms with van der Waals surface area (Å²) in [5.74, 6) is 2.90. The third kappa shape index (κ3) is 3.28. The van der Waals surface area contributed by atoms with Crippen molar-refractivity contribution in [2.45, 2.75) is 67.6 Å². The first kappa shape index (κ1) is 17.3. The van der Waals surface area contributed by atoms with Gasteiger partial charge in [-0.05, 0) is 43.7 Å². The minimum Gasteiger partial charge on any atom is -0.341 e. The van der Waals surface area contributed by atoms with Crippen LogP contribution in [-0.4, -0.2) is 43.9 Å². The summed E-state index contributed by atoms with van der Waals surface area (Å²) in [6.45, 7) is 2.71. The largest absolute Gasteiger partial charge is 0.341 e. The van der Waals surface area contributed by atoms with Crippen molar-refractivity contribution in [1.82, 2.24) is 19.7 Å². The monoisotopic (exact) mass is 382 g/mol. The third-order valence-electron chi connectivity index (χ3n) is 6.16. The van der Waals surface area contributed by atoms with Crippen LogP contribution in [0.2, 0.25) is 0 Å². The first-order chi connectivity index (χ1) is 13.3. The minimum absolute atomic E-state index is 0.0386. The van der Waals surface area contributed by atoms with E-state index in [0.29, 0.717) is 11.8 Å². The molecular formula is C21H26N4OS. The normalized spacial score (nSPS) is 25.0. The Morgan fingerprint density at radius 1 is 1.07 bits per heavy atom. The second-order valence-electron chi connectivity index (χ2n) is 7.98. The third-order valence-corrected chi connectivity index (χ3v) is 7.46. The second kappa shape index (κ2) is 7.30. The van der Waals surface area contributed by atoms with Gasteiger partial charge >= 0.3 is 0 Å². The highest BCUT2D eigenvalue weighted by Gasteiger charge is 2.35. The summed E-state index contributed by atoms with van der Waals surface area (Å²) in [6, 6.07) is 8.42. The molecule has 3 aliphatic rings. The van der Waals surface area contributed by atoms with Gasteiger partial charge in [-0.3, -0.25) is 4.79 Å². The zero-order valence-corrected chi connectivity index (χ0v) is 16.5. The van der Waals surface area contributed by atoms with Crippen molar-refractivity contribution in [3.05, 3.63) is 41.5 Å². The highest BCUT2D eigenvalue weighted by molar-refractivity contribution is 8.01. The number of carbonyl (C=O) groups excluding carboxylic acids is 1. The van der Waals surface area contributed by atoms with Crippen molar-refractivity contribution >= 4 is 17.7 Å². The van der Waals surface area contributed by atoms with Crippen molar-refractivity contribution in [3.8, 4) is 0 Å². The summed E-state index contributed by atoms with van der Waals surface area (Å²) < 4.78 is 2.35. The van der Waals surface area contributed by atoms with E-state index >= 15 is 0 Å². The average molecular weight is 383 g/mol. The molecule has 3 aliphatic heterocycles. The standard InChI is InChI=1S/C21H26N4OS/c26-21(18-13-15-7-3-4-9-17(15)27-18)24-11-6-8-16(14-24)20-23-22-19-10-2-1-5-12-25(19)20/h3-4,7,9,16,18H,1-2,5-6,8,10-14H2. The molecule has 5 rings (SSSR count). The van der Waals surface area contributed by atoms with Gasteiger partial charge in [-0.25, -0.2) is 0 Å². The van der Waals surface area contributed by atoms with Crippen LogP contribution in [0.3, 0.4) is 0 Å². The van der Waals surface area contributed by atoms with Crippen LogP contribution in [0.15, 0.2) is 29.2 Å². The van der Waals surface area contributed by atoms with Gasteiger partial charge < -0.3 is 9.47 Å². The Bertz CT molecular complexity index is 823. The molecule has 0 N–H and O–H groups in total. The molecule has 0 radical (unpaired) electrons. The first-order valence-electron chi connectivity index (χ1n) is 10.2. The molecule has 27 heavy (non-hydrogen) atoms. The van der Waals surface area contributed by atoms with E-state index in [-0.39, 0.29) is 5.25 Å². The van der Waals surface area contributed by atoms with Crippen LogP contribution in [0, 0.1) is 0 Å². The van der Waals surface area contributed by atoms with Gasteiger partial charge in [0.15, 0.2) is 0 Å². The van der Waals surface area contributed by atoms with Gasteiger partial charge in [0.05, 0.1) is 5.25 Å². The number of amides is 1. The molecule has 1 saturated heterocycles. The van der Waals surface area contributed by atoms with Gasteiger partial charge in [-0.2, -0.15) is 0 Å². The van der Waals surface area contributed by atoms with E-state index < -0.39 is 0 Å². The number of aryl methyl sites for hydroxylation is 1. The van der Waals surface area contributed by atoms with Crippen molar-refractivity contribution in [2.75, 3.05) is 13.1 Å². The molecule has 0 spiro atoms. The van der Waals surface area contributed by atoms with E-state index in [1.54, 1.807) is 11.8 Å². The zero-order chi connectivity index (χ0) is 18.2. The van der Waals surface area contributed by atoms with Crippen LogP contribution >= 0.6 is 11.8 Å². The Hall–Kier alpha value is -1.82. The van der Waals surface area contributed by atoms with Gasteiger partial charge in [-0.15, -0.1) is 22.0 Å². The summed E-state index contributed by atoms with van der Waals surface area (Å²) in [5.41, 5.74) is 1.32. The van der Waals surface area contributed by atoms with Gasteiger partial charge in [0.2, 0.25) is 5.91 Å². The Labute approximate surface area is 164 Å². The number of nitrogens with zero attached hydrogens (tertiary/aromatic N) is 4. The van der Waals surface area contributed by atoms with E-state index in [1.807, 2.05) is 0 Å². The number of carbonyl (C=O) groups is 1. The highest BCUT2D eigenvalue weighted by atomic mass is 32.2. The fourth-order valence-electron chi connectivity index (χ4n) is 4.72. The maximum Gasteiger partial charge on any atom is 0.236 e. The fourth-order valence-corrected chi connectivity index (χ4v) is 6.00. The van der Waals surface area contributed by atoms with Gasteiger partial charge in [-0.1, -0.05) is 24.6 Å². The van der Waals surface area contributed by atoms with E-state index in [0.717, 1.165) is 57.0 Å². The molecule has 0 bridgehead atoms. The summed E-state index contributed by atoms with van der Waals surface area (Å²) >= 11 is 1.74. The Morgan fingerprint density at radius 2 is 2.00 bits per heavy atom. The van der Waals surface area contributed by atoms with Crippen molar-refractivity contribution in [1.29, 1.82) is 0 Å². The second-order valence-corrected chi connectivity index (χ2v) is 9.22. The molecule has 1 aromatic heterocycles. The molecule has 0 saturated carbocycles. The maximum atomic E-state index is 13.2. The lowest BCUT2D eigenvalue weighted by Crippen LogP contribution is -2.43. The fraction of sp³-hybridized carbons (Fsp3) is 0.571. The van der Waals surface area contributed by atoms with Crippen LogP contribution in [0.5, 0.6) is 0 Å². The maximum absolute atomic E-state index is 13.2. The predicted octanol–water partition coefficient (Wildman–Crippen LogP) is 3.43. The minimum atomic E-state index is 0.0386. The highest BCUT2D eigenvalue weighted by Crippen LogP contribution is 2.38. The quantitative estimate of drug-likeness (QED) is 0.799. The van der Waals surface area contributed by atoms with Crippen LogP contribution in [0.25, 0.3) is 0 Å². The number of piperidine rings is 1. The lowest BCUT2D eigenvalue weighted by molar-refractivity contribution is -0.131. The number of hydrogen-bond donors (Lipinski definition) is 0. The molecule has 6 heteroatoms. The number of likely N-dealkylation sites (tertiary alicyclic amines) is 1. The van der Waals surface area contributed by atoms with Crippen LogP contribution in [-0.2, 0) is 24.2 Å². The Balaban J connectivity index is 1.30. The first-order valence-corrected chi connectivity index (χ1v) is 11.1. The Morgan fingerprint density at radius 3 is 2.93 bits per heavy atom. The van der Waals surface area contributed by atoms with Crippen molar-refractivity contribution in [2.24, 2.45) is 0 Å². The molecule has 2 aromatic rings. The van der Waals surface area contributed by atoms with Gasteiger partial charge in [0, 0.05) is 36.9 Å². The molecule has 1 amide bonds. The number of hydrogen-bond acceptors (Lipinski definition) is 4. The summed E-state index contributed by atoms with van der Waals surface area (Å²) in [4.78, 5) is 16.6. The SMILES string of the molecule is O=C(C1Cc2ccccc2S1)N1CCCC(c2nnc3n2CCCCC3)C1. The van der Waals surface area contributed by atoms with E-state index in [4.69, 9.17) is 0 Å². The lowest BCUT2D eigenvalue weighted by Gasteiger charge is -2.34. The van der Waals surface area contributed by atoms with E-state index in [2.05, 4.69) is 43.9 Å². The topological polar surface area (TPSA) is 51.0 Å². The van der Waals surface area contributed by atoms with Crippen molar-refractivity contribution < 1.29 is 4.79 Å².